The first-order chi connectivity index (χ1) is 9.78. The van der Waals surface area contributed by atoms with Gasteiger partial charge in [-0.2, -0.15) is 8.42 Å². The molecule has 0 bridgehead atoms. The van der Waals surface area contributed by atoms with E-state index in [2.05, 4.69) is 13.2 Å². The Hall–Kier alpha value is -1.14. The molecule has 1 heterocycles. The molecule has 0 amide bonds. The van der Waals surface area contributed by atoms with Crippen LogP contribution in [0.15, 0.2) is 24.3 Å². The van der Waals surface area contributed by atoms with Crippen LogP contribution >= 0.6 is 0 Å². The number of hydrogen-bond acceptors (Lipinski definition) is 4. The van der Waals surface area contributed by atoms with Gasteiger partial charge in [-0.3, -0.25) is 9.35 Å². The number of esters is 1. The van der Waals surface area contributed by atoms with Crippen LogP contribution in [-0.2, 0) is 19.6 Å². The fourth-order valence-electron chi connectivity index (χ4n) is 4.26. The number of allylic oxidation sites excluding steroid dienone is 1. The van der Waals surface area contributed by atoms with E-state index < -0.39 is 27.8 Å². The first-order valence-electron chi connectivity index (χ1n) is 7.29. The summed E-state index contributed by atoms with van der Waals surface area (Å²) >= 11 is 0. The minimum absolute atomic E-state index is 0.0559. The van der Waals surface area contributed by atoms with E-state index >= 15 is 0 Å². The topological polar surface area (TPSA) is 80.7 Å². The van der Waals surface area contributed by atoms with E-state index in [0.717, 1.165) is 30.4 Å². The smallest absolute Gasteiger partial charge is 0.310 e. The van der Waals surface area contributed by atoms with Gasteiger partial charge in [-0.15, -0.1) is 0 Å². The van der Waals surface area contributed by atoms with Crippen molar-refractivity contribution in [2.24, 2.45) is 23.7 Å². The molecule has 0 unspecified atom stereocenters. The average Bonchev–Trinajstić information content (AvgIpc) is 2.83. The molecule has 0 aromatic heterocycles. The summed E-state index contributed by atoms with van der Waals surface area (Å²) < 4.78 is 36.9. The van der Waals surface area contributed by atoms with Crippen LogP contribution in [0.4, 0.5) is 0 Å². The second-order valence-corrected chi connectivity index (χ2v) is 7.94. The van der Waals surface area contributed by atoms with Crippen LogP contribution in [0, 0.1) is 23.7 Å². The Kier molecular flexibility index (Phi) is 3.48. The second-order valence-electron chi connectivity index (χ2n) is 6.45. The fourth-order valence-corrected chi connectivity index (χ4v) is 5.10. The molecule has 0 aromatic carbocycles. The summed E-state index contributed by atoms with van der Waals surface area (Å²) in [5, 5.41) is 0. The first kappa shape index (κ1) is 14.8. The maximum atomic E-state index is 12.1. The van der Waals surface area contributed by atoms with Crippen LogP contribution in [0.5, 0.6) is 0 Å². The molecule has 5 nitrogen and oxygen atoms in total. The Morgan fingerprint density at radius 1 is 1.19 bits per heavy atom. The lowest BCUT2D eigenvalue weighted by atomic mass is 9.80. The lowest BCUT2D eigenvalue weighted by Gasteiger charge is -2.26. The summed E-state index contributed by atoms with van der Waals surface area (Å²) in [5.74, 6) is -1.67. The van der Waals surface area contributed by atoms with Gasteiger partial charge in [0.1, 0.15) is 6.10 Å². The number of rotatable bonds is 2. The summed E-state index contributed by atoms with van der Waals surface area (Å²) in [7, 11) is -4.20. The highest BCUT2D eigenvalue weighted by Crippen LogP contribution is 2.52. The number of ether oxygens (including phenoxy) is 1. The third kappa shape index (κ3) is 2.55. The molecule has 0 radical (unpaired) electrons. The van der Waals surface area contributed by atoms with E-state index in [9.17, 15) is 13.2 Å². The summed E-state index contributed by atoms with van der Waals surface area (Å²) in [5.41, 5.74) is 2.22. The van der Waals surface area contributed by atoms with Gasteiger partial charge in [0.15, 0.2) is 0 Å². The van der Waals surface area contributed by atoms with Gasteiger partial charge in [-0.05, 0) is 31.6 Å². The highest BCUT2D eigenvalue weighted by atomic mass is 32.2. The molecular weight excluding hydrogens is 292 g/mol. The van der Waals surface area contributed by atoms with E-state index in [1.165, 1.54) is 0 Å². The molecule has 3 aliphatic rings. The fraction of sp³-hybridized carbons (Fsp3) is 0.667. The maximum Gasteiger partial charge on any atom is 0.310 e. The van der Waals surface area contributed by atoms with Gasteiger partial charge in [-0.1, -0.05) is 24.3 Å². The van der Waals surface area contributed by atoms with Crippen molar-refractivity contribution in [3.63, 3.8) is 0 Å². The van der Waals surface area contributed by atoms with Gasteiger partial charge in [0.25, 0.3) is 10.1 Å². The standard InChI is InChI=1S/C15H20O5S/c1-8-3-6-11-12(7-21(17,18)19)15(16)20-14(11)13-9(2)4-5-10(8)13/h10-14H,1-7H2,(H,17,18,19)/t10-,11-,12+,13-,14-/m0/s1. The molecule has 1 aliphatic heterocycles. The van der Waals surface area contributed by atoms with Crippen molar-refractivity contribution in [2.45, 2.75) is 31.8 Å². The minimum atomic E-state index is -4.20. The van der Waals surface area contributed by atoms with Crippen molar-refractivity contribution in [1.82, 2.24) is 0 Å². The molecule has 5 atom stereocenters. The molecule has 2 saturated carbocycles. The predicted octanol–water partition coefficient (Wildman–Crippen LogP) is 1.96. The van der Waals surface area contributed by atoms with Crippen molar-refractivity contribution in [2.75, 3.05) is 5.75 Å². The highest BCUT2D eigenvalue weighted by Gasteiger charge is 2.54. The van der Waals surface area contributed by atoms with Crippen LogP contribution in [0.25, 0.3) is 0 Å². The van der Waals surface area contributed by atoms with Gasteiger partial charge in [0, 0.05) is 11.8 Å². The molecule has 21 heavy (non-hydrogen) atoms. The van der Waals surface area contributed by atoms with Crippen LogP contribution in [0.1, 0.15) is 25.7 Å². The summed E-state index contributed by atoms with van der Waals surface area (Å²) in [6.45, 7) is 8.25. The van der Waals surface area contributed by atoms with Crippen molar-refractivity contribution >= 4 is 16.1 Å². The quantitative estimate of drug-likeness (QED) is 0.479. The zero-order valence-electron chi connectivity index (χ0n) is 11.8. The molecule has 116 valence electrons. The Morgan fingerprint density at radius 3 is 2.52 bits per heavy atom. The molecule has 0 aromatic rings. The Labute approximate surface area is 124 Å². The van der Waals surface area contributed by atoms with Crippen LogP contribution in [0.3, 0.4) is 0 Å². The zero-order valence-corrected chi connectivity index (χ0v) is 12.6. The van der Waals surface area contributed by atoms with Gasteiger partial charge >= 0.3 is 5.97 Å². The average molecular weight is 312 g/mol. The SMILES string of the molecule is C=C1CC[C@H]2C(=C)CC[C@@H]3[C@H](OC(=O)[C@@H]3CS(=O)(=O)O)[C@@H]12. The molecule has 3 rings (SSSR count). The summed E-state index contributed by atoms with van der Waals surface area (Å²) in [6, 6.07) is 0. The third-order valence-corrected chi connectivity index (χ3v) is 6.02. The first-order valence-corrected chi connectivity index (χ1v) is 8.90. The van der Waals surface area contributed by atoms with Gasteiger partial charge in [0.05, 0.1) is 11.7 Å². The van der Waals surface area contributed by atoms with Crippen LogP contribution in [0.2, 0.25) is 0 Å². The molecule has 2 aliphatic carbocycles. The maximum absolute atomic E-state index is 12.1. The Morgan fingerprint density at radius 2 is 1.86 bits per heavy atom. The second kappa shape index (κ2) is 4.95. The Bertz CT molecular complexity index is 606. The molecule has 6 heteroatoms. The highest BCUT2D eigenvalue weighted by molar-refractivity contribution is 7.85. The molecule has 0 spiro atoms. The molecule has 1 N–H and O–H groups in total. The van der Waals surface area contributed by atoms with Gasteiger partial charge in [-0.25, -0.2) is 0 Å². The van der Waals surface area contributed by atoms with Crippen molar-refractivity contribution < 1.29 is 22.5 Å². The minimum Gasteiger partial charge on any atom is -0.461 e. The van der Waals surface area contributed by atoms with Crippen molar-refractivity contribution in [1.29, 1.82) is 0 Å². The summed E-state index contributed by atoms with van der Waals surface area (Å²) in [6.07, 6.45) is 3.01. The third-order valence-electron chi connectivity index (χ3n) is 5.24. The lowest BCUT2D eigenvalue weighted by Crippen LogP contribution is -2.31. The predicted molar refractivity (Wildman–Crippen MR) is 77.0 cm³/mol. The largest absolute Gasteiger partial charge is 0.461 e. The van der Waals surface area contributed by atoms with E-state index in [1.807, 2.05) is 0 Å². The monoisotopic (exact) mass is 312 g/mol. The van der Waals surface area contributed by atoms with E-state index in [-0.39, 0.29) is 23.9 Å². The summed E-state index contributed by atoms with van der Waals surface area (Å²) in [4.78, 5) is 12.1. The van der Waals surface area contributed by atoms with Crippen molar-refractivity contribution in [3.8, 4) is 0 Å². The van der Waals surface area contributed by atoms with Crippen molar-refractivity contribution in [3.05, 3.63) is 24.3 Å². The van der Waals surface area contributed by atoms with Gasteiger partial charge in [0.2, 0.25) is 0 Å². The number of hydrogen-bond donors (Lipinski definition) is 1. The van der Waals surface area contributed by atoms with Gasteiger partial charge < -0.3 is 4.74 Å². The molecular formula is C15H20O5S. The molecule has 3 fully saturated rings. The van der Waals surface area contributed by atoms with Crippen LogP contribution in [-0.4, -0.2) is 30.8 Å². The zero-order chi connectivity index (χ0) is 15.4. The Balaban J connectivity index is 1.93. The van der Waals surface area contributed by atoms with E-state index in [0.29, 0.717) is 6.42 Å². The van der Waals surface area contributed by atoms with E-state index in [4.69, 9.17) is 9.29 Å². The number of fused-ring (bicyclic) bond motifs is 3. The number of carbonyl (C=O) groups is 1. The normalized spacial score (nSPS) is 39.7. The molecule has 1 saturated heterocycles. The number of carbonyl (C=O) groups excluding carboxylic acids is 1. The van der Waals surface area contributed by atoms with E-state index in [1.54, 1.807) is 0 Å². The van der Waals surface area contributed by atoms with Crippen LogP contribution < -0.4 is 0 Å². The lowest BCUT2D eigenvalue weighted by molar-refractivity contribution is -0.145.